The number of alkyl halides is 1. The fraction of sp³-hybridized carbons (Fsp3) is 0.750. The Morgan fingerprint density at radius 1 is 1.20 bits per heavy atom. The monoisotopic (exact) mass is 176 g/mol. The molecule has 0 amide bonds. The molecule has 60 valence electrons. The first-order chi connectivity index (χ1) is 4.56. The van der Waals surface area contributed by atoms with Gasteiger partial charge in [-0.25, -0.2) is 0 Å². The van der Waals surface area contributed by atoms with Gasteiger partial charge in [-0.15, -0.1) is 11.6 Å². The number of halogens is 1. The van der Waals surface area contributed by atoms with E-state index in [1.165, 1.54) is 6.04 Å². The average Bonchev–Trinajstić information content (AvgIpc) is 1.78. The Bertz CT molecular complexity index is 102. The van der Waals surface area contributed by atoms with Gasteiger partial charge < -0.3 is 0 Å². The normalized spacial score (nSPS) is 12.8. The van der Waals surface area contributed by atoms with Crippen molar-refractivity contribution in [3.8, 4) is 0 Å². The van der Waals surface area contributed by atoms with E-state index in [0.29, 0.717) is 0 Å². The standard InChI is InChI=1S/C8H17ClSi/c1-10(2,3)8-6-4-5-7-9/h4,6H,5,7-8H2,1-3H3/b6-4+. The first kappa shape index (κ1) is 10.2. The summed E-state index contributed by atoms with van der Waals surface area (Å²) < 4.78 is 0. The van der Waals surface area contributed by atoms with Crippen molar-refractivity contribution >= 4 is 19.7 Å². The Kier molecular flexibility index (Phi) is 5.09. The molecule has 0 aliphatic heterocycles. The van der Waals surface area contributed by atoms with Crippen LogP contribution in [0, 0.1) is 0 Å². The molecular weight excluding hydrogens is 160 g/mol. The maximum Gasteiger partial charge on any atom is 0.0480 e. The molecule has 0 saturated heterocycles. The van der Waals surface area contributed by atoms with Crippen LogP contribution >= 0.6 is 11.6 Å². The number of hydrogen-bond donors (Lipinski definition) is 0. The molecule has 0 aromatic carbocycles. The fourth-order valence-electron chi connectivity index (χ4n) is 0.618. The lowest BCUT2D eigenvalue weighted by Crippen LogP contribution is -2.17. The van der Waals surface area contributed by atoms with Gasteiger partial charge in [-0.3, -0.25) is 0 Å². The van der Waals surface area contributed by atoms with E-state index in [0.717, 1.165) is 12.3 Å². The van der Waals surface area contributed by atoms with E-state index in [1.807, 2.05) is 0 Å². The van der Waals surface area contributed by atoms with E-state index in [9.17, 15) is 0 Å². The van der Waals surface area contributed by atoms with Gasteiger partial charge in [-0.1, -0.05) is 31.8 Å². The van der Waals surface area contributed by atoms with Crippen LogP contribution in [0.5, 0.6) is 0 Å². The Labute approximate surface area is 70.3 Å². The molecule has 0 spiro atoms. The van der Waals surface area contributed by atoms with Gasteiger partial charge >= 0.3 is 0 Å². The molecule has 0 aromatic rings. The maximum absolute atomic E-state index is 5.51. The lowest BCUT2D eigenvalue weighted by Gasteiger charge is -2.11. The zero-order chi connectivity index (χ0) is 8.04. The lowest BCUT2D eigenvalue weighted by atomic mass is 10.4. The third-order valence-corrected chi connectivity index (χ3v) is 2.85. The molecule has 2 heteroatoms. The second-order valence-electron chi connectivity index (χ2n) is 3.71. The van der Waals surface area contributed by atoms with E-state index in [1.54, 1.807) is 0 Å². The summed E-state index contributed by atoms with van der Waals surface area (Å²) in [5.41, 5.74) is 0. The Morgan fingerprint density at radius 3 is 2.20 bits per heavy atom. The van der Waals surface area contributed by atoms with Gasteiger partial charge in [0.1, 0.15) is 0 Å². The number of rotatable bonds is 4. The molecule has 0 atom stereocenters. The second kappa shape index (κ2) is 4.97. The predicted octanol–water partition coefficient (Wildman–Crippen LogP) is 3.51. The van der Waals surface area contributed by atoms with Crippen LogP contribution in [0.2, 0.25) is 25.7 Å². The molecule has 0 nitrogen and oxygen atoms in total. The van der Waals surface area contributed by atoms with Crippen molar-refractivity contribution < 1.29 is 0 Å². The van der Waals surface area contributed by atoms with E-state index < -0.39 is 8.07 Å². The summed E-state index contributed by atoms with van der Waals surface area (Å²) >= 11 is 5.51. The Balaban J connectivity index is 3.34. The van der Waals surface area contributed by atoms with Crippen LogP contribution in [-0.4, -0.2) is 14.0 Å². The van der Waals surface area contributed by atoms with Crippen LogP contribution in [-0.2, 0) is 0 Å². The van der Waals surface area contributed by atoms with Crippen molar-refractivity contribution in [1.82, 2.24) is 0 Å². The van der Waals surface area contributed by atoms with Gasteiger partial charge in [-0.2, -0.15) is 0 Å². The smallest absolute Gasteiger partial charge is 0.0480 e. The van der Waals surface area contributed by atoms with E-state index >= 15 is 0 Å². The minimum absolute atomic E-state index is 0.752. The average molecular weight is 177 g/mol. The second-order valence-corrected chi connectivity index (χ2v) is 9.62. The highest BCUT2D eigenvalue weighted by Crippen LogP contribution is 2.08. The van der Waals surface area contributed by atoms with Crippen LogP contribution in [0.15, 0.2) is 12.2 Å². The molecule has 0 heterocycles. The van der Waals surface area contributed by atoms with Crippen LogP contribution < -0.4 is 0 Å². The summed E-state index contributed by atoms with van der Waals surface area (Å²) in [5, 5.41) is 0. The molecule has 0 bridgehead atoms. The van der Waals surface area contributed by atoms with E-state index in [-0.39, 0.29) is 0 Å². The van der Waals surface area contributed by atoms with Gasteiger partial charge in [0, 0.05) is 14.0 Å². The molecule has 0 N–H and O–H groups in total. The quantitative estimate of drug-likeness (QED) is 0.350. The van der Waals surface area contributed by atoms with Gasteiger partial charge in [0.15, 0.2) is 0 Å². The van der Waals surface area contributed by atoms with Crippen molar-refractivity contribution in [1.29, 1.82) is 0 Å². The molecule has 0 rings (SSSR count). The summed E-state index contributed by atoms with van der Waals surface area (Å²) in [7, 11) is -0.837. The highest BCUT2D eigenvalue weighted by Gasteiger charge is 2.08. The van der Waals surface area contributed by atoms with Crippen molar-refractivity contribution in [2.24, 2.45) is 0 Å². The van der Waals surface area contributed by atoms with Crippen LogP contribution in [0.1, 0.15) is 6.42 Å². The topological polar surface area (TPSA) is 0 Å². The van der Waals surface area contributed by atoms with Crippen molar-refractivity contribution in [2.75, 3.05) is 5.88 Å². The van der Waals surface area contributed by atoms with Gasteiger partial charge in [0.05, 0.1) is 0 Å². The molecule has 10 heavy (non-hydrogen) atoms. The van der Waals surface area contributed by atoms with Crippen LogP contribution in [0.3, 0.4) is 0 Å². The number of hydrogen-bond acceptors (Lipinski definition) is 0. The minimum Gasteiger partial charge on any atom is -0.126 e. The number of allylic oxidation sites excluding steroid dienone is 2. The van der Waals surface area contributed by atoms with Gasteiger partial charge in [-0.05, 0) is 12.5 Å². The summed E-state index contributed by atoms with van der Waals surface area (Å²) in [5.74, 6) is 0.752. The van der Waals surface area contributed by atoms with E-state index in [2.05, 4.69) is 31.8 Å². The first-order valence-corrected chi connectivity index (χ1v) is 8.01. The first-order valence-electron chi connectivity index (χ1n) is 3.77. The van der Waals surface area contributed by atoms with Gasteiger partial charge in [0.2, 0.25) is 0 Å². The van der Waals surface area contributed by atoms with Crippen LogP contribution in [0.25, 0.3) is 0 Å². The predicted molar refractivity (Wildman–Crippen MR) is 52.6 cm³/mol. The zero-order valence-electron chi connectivity index (χ0n) is 7.15. The van der Waals surface area contributed by atoms with Crippen molar-refractivity contribution in [3.05, 3.63) is 12.2 Å². The minimum atomic E-state index is -0.837. The maximum atomic E-state index is 5.51. The summed E-state index contributed by atoms with van der Waals surface area (Å²) in [6, 6.07) is 1.28. The summed E-state index contributed by atoms with van der Waals surface area (Å²) in [6.07, 6.45) is 5.48. The highest BCUT2D eigenvalue weighted by molar-refractivity contribution is 6.76. The molecule has 0 aliphatic rings. The highest BCUT2D eigenvalue weighted by atomic mass is 35.5. The lowest BCUT2D eigenvalue weighted by molar-refractivity contribution is 1.22. The molecule has 0 aromatic heterocycles. The molecule has 0 fully saturated rings. The SMILES string of the molecule is C[Si](C)(C)C/C=C/CCCl. The van der Waals surface area contributed by atoms with Crippen molar-refractivity contribution in [3.63, 3.8) is 0 Å². The Morgan fingerprint density at radius 2 is 1.80 bits per heavy atom. The third kappa shape index (κ3) is 8.25. The molecule has 0 aliphatic carbocycles. The molecule has 0 unspecified atom stereocenters. The fourth-order valence-corrected chi connectivity index (χ4v) is 1.62. The molecule has 0 saturated carbocycles. The summed E-state index contributed by atoms with van der Waals surface area (Å²) in [4.78, 5) is 0. The van der Waals surface area contributed by atoms with Crippen molar-refractivity contribution in [2.45, 2.75) is 32.1 Å². The summed E-state index contributed by atoms with van der Waals surface area (Å²) in [6.45, 7) is 7.12. The largest absolute Gasteiger partial charge is 0.126 e. The molecular formula is C8H17ClSi. The third-order valence-electron chi connectivity index (χ3n) is 1.17. The molecule has 0 radical (unpaired) electrons. The van der Waals surface area contributed by atoms with E-state index in [4.69, 9.17) is 11.6 Å². The Hall–Kier alpha value is 0.247. The zero-order valence-corrected chi connectivity index (χ0v) is 8.91. The van der Waals surface area contributed by atoms with Crippen LogP contribution in [0.4, 0.5) is 0 Å². The van der Waals surface area contributed by atoms with Gasteiger partial charge in [0.25, 0.3) is 0 Å².